The van der Waals surface area contributed by atoms with Crippen molar-refractivity contribution < 1.29 is 14.3 Å². The molecule has 1 aliphatic rings. The van der Waals surface area contributed by atoms with Gasteiger partial charge in [-0.3, -0.25) is 4.98 Å². The summed E-state index contributed by atoms with van der Waals surface area (Å²) in [6.45, 7) is 3.84. The van der Waals surface area contributed by atoms with Gasteiger partial charge in [0.1, 0.15) is 5.82 Å². The lowest BCUT2D eigenvalue weighted by molar-refractivity contribution is 0.0697. The van der Waals surface area contributed by atoms with Gasteiger partial charge in [-0.05, 0) is 55.4 Å². The molecule has 104 valence electrons. The minimum atomic E-state index is -0.993. The summed E-state index contributed by atoms with van der Waals surface area (Å²) < 4.78 is 13.6. The van der Waals surface area contributed by atoms with Crippen molar-refractivity contribution in [3.63, 3.8) is 0 Å². The minimum absolute atomic E-state index is 0.235. The molecule has 0 fully saturated rings. The predicted octanol–water partition coefficient (Wildman–Crippen LogP) is 3.82. The second-order valence-electron chi connectivity index (χ2n) is 5.57. The van der Waals surface area contributed by atoms with Gasteiger partial charge in [0.15, 0.2) is 0 Å². The number of aromatic carboxylic acids is 1. The molecule has 1 N–H and O–H groups in total. The molecule has 0 aliphatic heterocycles. The Hall–Kier alpha value is -1.97. The van der Waals surface area contributed by atoms with Crippen LogP contribution in [-0.4, -0.2) is 16.1 Å². The number of benzene rings is 1. The first-order valence-corrected chi connectivity index (χ1v) is 6.85. The molecule has 1 heterocycles. The summed E-state index contributed by atoms with van der Waals surface area (Å²) in [7, 11) is 0. The van der Waals surface area contributed by atoms with Crippen molar-refractivity contribution >= 4 is 16.9 Å². The molecule has 0 saturated heterocycles. The number of hydrogen-bond donors (Lipinski definition) is 1. The summed E-state index contributed by atoms with van der Waals surface area (Å²) in [5.41, 5.74) is 3.18. The van der Waals surface area contributed by atoms with Gasteiger partial charge in [-0.2, -0.15) is 0 Å². The lowest BCUT2D eigenvalue weighted by Gasteiger charge is -2.24. The van der Waals surface area contributed by atoms with E-state index in [-0.39, 0.29) is 11.5 Å². The quantitative estimate of drug-likeness (QED) is 0.859. The molecule has 2 aromatic rings. The Morgan fingerprint density at radius 1 is 1.45 bits per heavy atom. The van der Waals surface area contributed by atoms with E-state index >= 15 is 0 Å². The monoisotopic (exact) mass is 273 g/mol. The van der Waals surface area contributed by atoms with E-state index in [1.54, 1.807) is 6.92 Å². The summed E-state index contributed by atoms with van der Waals surface area (Å²) in [4.78, 5) is 16.3. The van der Waals surface area contributed by atoms with Gasteiger partial charge < -0.3 is 5.11 Å². The molecule has 3 nitrogen and oxygen atoms in total. The minimum Gasteiger partial charge on any atom is -0.478 e. The number of rotatable bonds is 1. The summed E-state index contributed by atoms with van der Waals surface area (Å²) >= 11 is 0. The van der Waals surface area contributed by atoms with Crippen LogP contribution in [0.5, 0.6) is 0 Å². The van der Waals surface area contributed by atoms with Crippen molar-refractivity contribution in [2.45, 2.75) is 39.0 Å². The molecule has 1 atom stereocenters. The van der Waals surface area contributed by atoms with Crippen LogP contribution in [-0.2, 0) is 6.42 Å². The molecule has 0 amide bonds. The number of carbonyl (C=O) groups is 1. The highest BCUT2D eigenvalue weighted by Gasteiger charge is 2.26. The molecule has 0 saturated carbocycles. The van der Waals surface area contributed by atoms with E-state index in [0.29, 0.717) is 22.9 Å². The molecule has 1 aromatic carbocycles. The first-order chi connectivity index (χ1) is 9.49. The standard InChI is InChI=1S/C16H16FNO2/c1-8-4-3-5-11-13(16(19)20)12-7-10(17)6-9(2)15(12)18-14(8)11/h6-8H,3-5H2,1-2H3,(H,19,20). The van der Waals surface area contributed by atoms with Crippen LogP contribution in [0.15, 0.2) is 12.1 Å². The third-order valence-corrected chi connectivity index (χ3v) is 4.12. The van der Waals surface area contributed by atoms with Crippen molar-refractivity contribution in [3.8, 4) is 0 Å². The lowest BCUT2D eigenvalue weighted by Crippen LogP contribution is -2.16. The second kappa shape index (κ2) is 4.54. The van der Waals surface area contributed by atoms with E-state index in [4.69, 9.17) is 0 Å². The van der Waals surface area contributed by atoms with Gasteiger partial charge in [-0.25, -0.2) is 9.18 Å². The van der Waals surface area contributed by atoms with Crippen LogP contribution in [0.4, 0.5) is 4.39 Å². The highest BCUT2D eigenvalue weighted by Crippen LogP contribution is 2.36. The third kappa shape index (κ3) is 1.87. The Labute approximate surface area is 116 Å². The Kier molecular flexibility index (Phi) is 2.96. The maximum absolute atomic E-state index is 13.6. The average molecular weight is 273 g/mol. The molecule has 20 heavy (non-hydrogen) atoms. The Balaban J connectivity index is 2.47. The Bertz CT molecular complexity index is 724. The first kappa shape index (κ1) is 13.0. The van der Waals surface area contributed by atoms with Crippen molar-refractivity contribution in [2.75, 3.05) is 0 Å². The highest BCUT2D eigenvalue weighted by molar-refractivity contribution is 6.05. The molecule has 4 heteroatoms. The summed E-state index contributed by atoms with van der Waals surface area (Å²) in [5, 5.41) is 9.98. The maximum Gasteiger partial charge on any atom is 0.336 e. The van der Waals surface area contributed by atoms with Gasteiger partial charge >= 0.3 is 5.97 Å². The van der Waals surface area contributed by atoms with Gasteiger partial charge in [0.05, 0.1) is 11.1 Å². The number of nitrogens with zero attached hydrogens (tertiary/aromatic N) is 1. The number of aryl methyl sites for hydroxylation is 1. The van der Waals surface area contributed by atoms with Crippen LogP contribution < -0.4 is 0 Å². The van der Waals surface area contributed by atoms with E-state index in [9.17, 15) is 14.3 Å². The van der Waals surface area contributed by atoms with Gasteiger partial charge in [-0.15, -0.1) is 0 Å². The third-order valence-electron chi connectivity index (χ3n) is 4.12. The van der Waals surface area contributed by atoms with Gasteiger partial charge in [0.2, 0.25) is 0 Å². The fourth-order valence-corrected chi connectivity index (χ4v) is 3.18. The van der Waals surface area contributed by atoms with Gasteiger partial charge in [0, 0.05) is 11.1 Å². The van der Waals surface area contributed by atoms with Crippen LogP contribution in [0.3, 0.4) is 0 Å². The zero-order valence-electron chi connectivity index (χ0n) is 11.5. The fourth-order valence-electron chi connectivity index (χ4n) is 3.18. The molecular formula is C16H16FNO2. The zero-order valence-corrected chi connectivity index (χ0v) is 11.5. The fraction of sp³-hybridized carbons (Fsp3) is 0.375. The molecule has 1 aliphatic carbocycles. The molecular weight excluding hydrogens is 257 g/mol. The SMILES string of the molecule is Cc1cc(F)cc2c(C(=O)O)c3c(nc12)C(C)CCC3. The van der Waals surface area contributed by atoms with Gasteiger partial charge in [0.25, 0.3) is 0 Å². The Morgan fingerprint density at radius 2 is 2.20 bits per heavy atom. The molecule has 0 spiro atoms. The van der Waals surface area contributed by atoms with Crippen LogP contribution in [0.1, 0.15) is 52.9 Å². The van der Waals surface area contributed by atoms with E-state index in [1.165, 1.54) is 12.1 Å². The second-order valence-corrected chi connectivity index (χ2v) is 5.57. The van der Waals surface area contributed by atoms with Crippen LogP contribution in [0, 0.1) is 12.7 Å². The topological polar surface area (TPSA) is 50.2 Å². The first-order valence-electron chi connectivity index (χ1n) is 6.85. The van der Waals surface area contributed by atoms with E-state index < -0.39 is 11.8 Å². The Morgan fingerprint density at radius 3 is 2.90 bits per heavy atom. The zero-order chi connectivity index (χ0) is 14.4. The number of halogens is 1. The normalized spacial score (nSPS) is 18.1. The van der Waals surface area contributed by atoms with Crippen LogP contribution in [0.2, 0.25) is 0 Å². The highest BCUT2D eigenvalue weighted by atomic mass is 19.1. The number of carboxylic acid groups (broad SMARTS) is 1. The van der Waals surface area contributed by atoms with Crippen molar-refractivity contribution in [1.29, 1.82) is 0 Å². The summed E-state index contributed by atoms with van der Waals surface area (Å²) in [6.07, 6.45) is 2.68. The number of fused-ring (bicyclic) bond motifs is 2. The molecule has 1 aromatic heterocycles. The summed E-state index contributed by atoms with van der Waals surface area (Å²) in [6, 6.07) is 2.69. The smallest absolute Gasteiger partial charge is 0.336 e. The van der Waals surface area contributed by atoms with E-state index in [0.717, 1.165) is 24.1 Å². The molecule has 0 bridgehead atoms. The summed E-state index contributed by atoms with van der Waals surface area (Å²) in [5.74, 6) is -1.15. The van der Waals surface area contributed by atoms with Crippen LogP contribution >= 0.6 is 0 Å². The number of pyridine rings is 1. The molecule has 3 rings (SSSR count). The van der Waals surface area contributed by atoms with Crippen molar-refractivity contribution in [3.05, 3.63) is 40.3 Å². The maximum atomic E-state index is 13.6. The lowest BCUT2D eigenvalue weighted by atomic mass is 9.84. The van der Waals surface area contributed by atoms with Crippen molar-refractivity contribution in [2.24, 2.45) is 0 Å². The largest absolute Gasteiger partial charge is 0.478 e. The van der Waals surface area contributed by atoms with Crippen molar-refractivity contribution in [1.82, 2.24) is 4.98 Å². The van der Waals surface area contributed by atoms with Crippen LogP contribution in [0.25, 0.3) is 10.9 Å². The molecule has 1 unspecified atom stereocenters. The number of aromatic nitrogens is 1. The number of hydrogen-bond acceptors (Lipinski definition) is 2. The van der Waals surface area contributed by atoms with Gasteiger partial charge in [-0.1, -0.05) is 6.92 Å². The van der Waals surface area contributed by atoms with E-state index in [2.05, 4.69) is 11.9 Å². The number of carboxylic acids is 1. The van der Waals surface area contributed by atoms with E-state index in [1.807, 2.05) is 0 Å². The molecule has 0 radical (unpaired) electrons. The average Bonchev–Trinajstić information content (AvgIpc) is 2.36. The predicted molar refractivity (Wildman–Crippen MR) is 74.8 cm³/mol.